The Kier molecular flexibility index (Phi) is 6.31. The van der Waals surface area contributed by atoms with Gasteiger partial charge in [-0.15, -0.1) is 0 Å². The quantitative estimate of drug-likeness (QED) is 0.426. The Bertz CT molecular complexity index is 799. The van der Waals surface area contributed by atoms with Crippen molar-refractivity contribution >= 4 is 46.7 Å². The zero-order chi connectivity index (χ0) is 19.6. The lowest BCUT2D eigenvalue weighted by Gasteiger charge is -2.19. The van der Waals surface area contributed by atoms with Crippen molar-refractivity contribution in [3.05, 3.63) is 33.3 Å². The zero-order valence-corrected chi connectivity index (χ0v) is 16.4. The Morgan fingerprint density at radius 3 is 2.42 bits per heavy atom. The lowest BCUT2D eigenvalue weighted by atomic mass is 10.1. The molecule has 2 amide bonds. The van der Waals surface area contributed by atoms with E-state index in [1.165, 1.54) is 19.1 Å². The van der Waals surface area contributed by atoms with Crippen LogP contribution in [0.1, 0.15) is 34.1 Å². The van der Waals surface area contributed by atoms with Gasteiger partial charge in [0, 0.05) is 11.6 Å². The Hall–Kier alpha value is -2.05. The Morgan fingerprint density at radius 1 is 1.23 bits per heavy atom. The maximum absolute atomic E-state index is 12.6. The summed E-state index contributed by atoms with van der Waals surface area (Å²) in [4.78, 5) is 37.6. The molecule has 0 bridgehead atoms. The topological polar surface area (TPSA) is 72.9 Å². The molecule has 26 heavy (non-hydrogen) atoms. The maximum Gasteiger partial charge on any atom is 0.347 e. The second-order valence-electron chi connectivity index (χ2n) is 5.94. The highest BCUT2D eigenvalue weighted by Crippen LogP contribution is 2.39. The molecule has 0 aromatic heterocycles. The van der Waals surface area contributed by atoms with Gasteiger partial charge >= 0.3 is 5.97 Å². The van der Waals surface area contributed by atoms with Gasteiger partial charge in [-0.3, -0.25) is 9.59 Å². The number of hydrogen-bond acceptors (Lipinski definition) is 5. The molecule has 0 aliphatic carbocycles. The van der Waals surface area contributed by atoms with Crippen LogP contribution in [0.15, 0.2) is 23.3 Å². The van der Waals surface area contributed by atoms with E-state index in [1.54, 1.807) is 20.8 Å². The molecule has 1 heterocycles. The van der Waals surface area contributed by atoms with Crippen molar-refractivity contribution < 1.29 is 23.9 Å². The van der Waals surface area contributed by atoms with E-state index < -0.39 is 18.0 Å². The van der Waals surface area contributed by atoms with Crippen LogP contribution >= 0.6 is 23.2 Å². The first-order valence-corrected chi connectivity index (χ1v) is 8.78. The summed E-state index contributed by atoms with van der Waals surface area (Å²) in [6, 6.07) is 2.75. The fourth-order valence-corrected chi connectivity index (χ4v) is 2.98. The van der Waals surface area contributed by atoms with Gasteiger partial charge in [0.2, 0.25) is 5.91 Å². The van der Waals surface area contributed by atoms with Crippen LogP contribution in [0.5, 0.6) is 5.75 Å². The molecule has 1 atom stereocenters. The average Bonchev–Trinajstić information content (AvgIpc) is 2.85. The van der Waals surface area contributed by atoms with Crippen LogP contribution in [-0.2, 0) is 19.1 Å². The molecule has 1 fully saturated rings. The normalized spacial score (nSPS) is 15.3. The second-order valence-corrected chi connectivity index (χ2v) is 6.75. The molecular formula is C18H19Cl2NO5. The molecule has 140 valence electrons. The number of carbonyl (C=O) groups is 3. The summed E-state index contributed by atoms with van der Waals surface area (Å²) in [7, 11) is 0. The summed E-state index contributed by atoms with van der Waals surface area (Å²) in [5.74, 6) is -1.25. The van der Waals surface area contributed by atoms with Gasteiger partial charge in [0.15, 0.2) is 6.10 Å². The fourth-order valence-electron chi connectivity index (χ4n) is 2.47. The molecular weight excluding hydrogens is 381 g/mol. The number of imide groups is 1. The third-order valence-electron chi connectivity index (χ3n) is 3.81. The van der Waals surface area contributed by atoms with Gasteiger partial charge in [0.1, 0.15) is 5.75 Å². The summed E-state index contributed by atoms with van der Waals surface area (Å²) >= 11 is 12.3. The zero-order valence-electron chi connectivity index (χ0n) is 14.9. The minimum Gasteiger partial charge on any atom is -0.477 e. The summed E-state index contributed by atoms with van der Waals surface area (Å²) in [6.07, 6.45) is -0.907. The standard InChI is InChI=1S/C18H19Cl2NO5/c1-5-25-18(24)10(4)26-15-8-14(12(19)7-13(15)20)21-16(22)6-11(9(2)3)17(21)23/h7-8,10H,5-6H2,1-4H3. The maximum atomic E-state index is 12.6. The minimum atomic E-state index is -0.917. The van der Waals surface area contributed by atoms with Crippen molar-refractivity contribution in [2.45, 2.75) is 40.2 Å². The van der Waals surface area contributed by atoms with Gasteiger partial charge < -0.3 is 9.47 Å². The molecule has 1 aromatic rings. The predicted molar refractivity (Wildman–Crippen MR) is 98.7 cm³/mol. The van der Waals surface area contributed by atoms with Crippen LogP contribution in [0.4, 0.5) is 5.69 Å². The van der Waals surface area contributed by atoms with Crippen molar-refractivity contribution in [2.24, 2.45) is 0 Å². The molecule has 1 aromatic carbocycles. The van der Waals surface area contributed by atoms with Crippen LogP contribution in [0.2, 0.25) is 10.0 Å². The van der Waals surface area contributed by atoms with Crippen molar-refractivity contribution in [1.82, 2.24) is 0 Å². The third-order valence-corrected chi connectivity index (χ3v) is 4.40. The molecule has 1 aliphatic rings. The van der Waals surface area contributed by atoms with Crippen LogP contribution in [0.25, 0.3) is 0 Å². The number of carbonyl (C=O) groups excluding carboxylic acids is 3. The molecule has 0 spiro atoms. The van der Waals surface area contributed by atoms with E-state index in [0.29, 0.717) is 5.57 Å². The number of hydrogen-bond donors (Lipinski definition) is 0. The summed E-state index contributed by atoms with van der Waals surface area (Å²) in [5, 5.41) is 0.277. The highest BCUT2D eigenvalue weighted by molar-refractivity contribution is 6.39. The Labute approximate surface area is 161 Å². The van der Waals surface area contributed by atoms with E-state index in [9.17, 15) is 14.4 Å². The van der Waals surface area contributed by atoms with E-state index in [-0.39, 0.29) is 40.4 Å². The average molecular weight is 400 g/mol. The van der Waals surface area contributed by atoms with E-state index in [0.717, 1.165) is 10.5 Å². The highest BCUT2D eigenvalue weighted by atomic mass is 35.5. The van der Waals surface area contributed by atoms with Gasteiger partial charge in [-0.1, -0.05) is 28.8 Å². The molecule has 0 radical (unpaired) electrons. The third kappa shape index (κ3) is 4.02. The van der Waals surface area contributed by atoms with Gasteiger partial charge in [0.05, 0.1) is 28.8 Å². The number of amides is 2. The lowest BCUT2D eigenvalue weighted by molar-refractivity contribution is -0.150. The molecule has 1 aliphatic heterocycles. The van der Waals surface area contributed by atoms with Crippen molar-refractivity contribution in [1.29, 1.82) is 0 Å². The van der Waals surface area contributed by atoms with Gasteiger partial charge in [-0.25, -0.2) is 9.69 Å². The monoisotopic (exact) mass is 399 g/mol. The van der Waals surface area contributed by atoms with Crippen LogP contribution in [0, 0.1) is 0 Å². The van der Waals surface area contributed by atoms with Crippen LogP contribution < -0.4 is 9.64 Å². The number of nitrogens with zero attached hydrogens (tertiary/aromatic N) is 1. The number of benzene rings is 1. The number of esters is 1. The van der Waals surface area contributed by atoms with Gasteiger partial charge in [-0.05, 0) is 33.8 Å². The minimum absolute atomic E-state index is 0.00947. The predicted octanol–water partition coefficient (Wildman–Crippen LogP) is 3.92. The van der Waals surface area contributed by atoms with E-state index in [1.807, 2.05) is 0 Å². The Balaban J connectivity index is 2.39. The molecule has 1 saturated heterocycles. The van der Waals surface area contributed by atoms with E-state index in [2.05, 4.69) is 0 Å². The number of halogens is 2. The first kappa shape index (κ1) is 20.3. The van der Waals surface area contributed by atoms with Gasteiger partial charge in [0.25, 0.3) is 5.91 Å². The first-order chi connectivity index (χ1) is 12.2. The van der Waals surface area contributed by atoms with Crippen molar-refractivity contribution in [3.63, 3.8) is 0 Å². The molecule has 0 saturated carbocycles. The molecule has 6 nitrogen and oxygen atoms in total. The summed E-state index contributed by atoms with van der Waals surface area (Å²) in [6.45, 7) is 6.94. The number of anilines is 1. The molecule has 2 rings (SSSR count). The number of ether oxygens (including phenoxy) is 2. The number of allylic oxidation sites excluding steroid dienone is 1. The van der Waals surface area contributed by atoms with Crippen LogP contribution in [-0.4, -0.2) is 30.5 Å². The van der Waals surface area contributed by atoms with Crippen molar-refractivity contribution in [3.8, 4) is 5.75 Å². The second kappa shape index (κ2) is 8.10. The Morgan fingerprint density at radius 2 is 1.88 bits per heavy atom. The van der Waals surface area contributed by atoms with E-state index in [4.69, 9.17) is 32.7 Å². The van der Waals surface area contributed by atoms with E-state index >= 15 is 0 Å². The fraction of sp³-hybridized carbons (Fsp3) is 0.389. The highest BCUT2D eigenvalue weighted by Gasteiger charge is 2.37. The summed E-state index contributed by atoms with van der Waals surface area (Å²) < 4.78 is 10.4. The smallest absolute Gasteiger partial charge is 0.347 e. The molecule has 8 heteroatoms. The number of rotatable bonds is 5. The first-order valence-electron chi connectivity index (χ1n) is 8.03. The van der Waals surface area contributed by atoms with Gasteiger partial charge in [-0.2, -0.15) is 0 Å². The SMILES string of the molecule is CCOC(=O)C(C)Oc1cc(N2C(=O)CC(=C(C)C)C2=O)c(Cl)cc1Cl. The van der Waals surface area contributed by atoms with Crippen LogP contribution in [0.3, 0.4) is 0 Å². The summed E-state index contributed by atoms with van der Waals surface area (Å²) in [5.41, 5.74) is 1.36. The molecule has 1 unspecified atom stereocenters. The largest absolute Gasteiger partial charge is 0.477 e. The van der Waals surface area contributed by atoms with Crippen molar-refractivity contribution in [2.75, 3.05) is 11.5 Å². The lowest BCUT2D eigenvalue weighted by Crippen LogP contribution is -2.30. The molecule has 0 N–H and O–H groups in total.